The number of anilines is 1. The minimum absolute atomic E-state index is 0.0349. The van der Waals surface area contributed by atoms with Crippen molar-refractivity contribution in [3.05, 3.63) is 59.9 Å². The van der Waals surface area contributed by atoms with Gasteiger partial charge >= 0.3 is 0 Å². The van der Waals surface area contributed by atoms with Crippen LogP contribution in [0.4, 0.5) is 5.69 Å². The topological polar surface area (TPSA) is 50.2 Å². The summed E-state index contributed by atoms with van der Waals surface area (Å²) >= 11 is 0. The number of likely N-dealkylation sites (tertiary alicyclic amines) is 1. The molecule has 5 heteroatoms. The van der Waals surface area contributed by atoms with Crippen molar-refractivity contribution in [1.29, 1.82) is 0 Å². The van der Waals surface area contributed by atoms with Gasteiger partial charge in [-0.15, -0.1) is 0 Å². The Morgan fingerprint density at radius 2 is 1.85 bits per heavy atom. The van der Waals surface area contributed by atoms with Crippen molar-refractivity contribution >= 4 is 22.6 Å². The number of para-hydroxylation sites is 2. The van der Waals surface area contributed by atoms with Crippen LogP contribution in [0.15, 0.2) is 48.5 Å². The van der Waals surface area contributed by atoms with Gasteiger partial charge in [-0.05, 0) is 42.7 Å². The average molecular weight is 360 g/mol. The number of rotatable bonds is 5. The number of nitrogens with zero attached hydrogens (tertiary/aromatic N) is 3. The van der Waals surface area contributed by atoms with E-state index >= 15 is 0 Å². The molecule has 2 heterocycles. The number of amides is 1. The molecule has 1 N–H and O–H groups in total. The summed E-state index contributed by atoms with van der Waals surface area (Å²) in [5, 5.41) is 2.82. The molecule has 0 spiro atoms. The monoisotopic (exact) mass is 360 g/mol. The molecule has 138 valence electrons. The Bertz CT molecular complexity index is 981. The second-order valence-electron chi connectivity index (χ2n) is 7.83. The fourth-order valence-corrected chi connectivity index (χ4v) is 4.07. The van der Waals surface area contributed by atoms with E-state index in [0.717, 1.165) is 30.8 Å². The molecular formula is C22H24N4O. The third-order valence-electron chi connectivity index (χ3n) is 5.55. The van der Waals surface area contributed by atoms with Crippen molar-refractivity contribution in [3.8, 4) is 0 Å². The zero-order valence-corrected chi connectivity index (χ0v) is 15.6. The summed E-state index contributed by atoms with van der Waals surface area (Å²) < 4.78 is 2.50. The van der Waals surface area contributed by atoms with Crippen molar-refractivity contribution in [2.75, 3.05) is 18.4 Å². The molecule has 2 aromatic carbocycles. The first-order valence-corrected chi connectivity index (χ1v) is 9.73. The first kappa shape index (κ1) is 16.5. The normalized spacial score (nSPS) is 17.8. The predicted molar refractivity (Wildman–Crippen MR) is 107 cm³/mol. The first-order valence-electron chi connectivity index (χ1n) is 9.73. The van der Waals surface area contributed by atoms with E-state index in [1.54, 1.807) is 0 Å². The lowest BCUT2D eigenvalue weighted by Gasteiger charge is -2.41. The van der Waals surface area contributed by atoms with Gasteiger partial charge < -0.3 is 9.88 Å². The summed E-state index contributed by atoms with van der Waals surface area (Å²) in [6.07, 6.45) is 2.56. The van der Waals surface area contributed by atoms with Crippen LogP contribution in [-0.4, -0.2) is 33.4 Å². The van der Waals surface area contributed by atoms with Crippen LogP contribution in [0.3, 0.4) is 0 Å². The lowest BCUT2D eigenvalue weighted by molar-refractivity contribution is -0.114. The quantitative estimate of drug-likeness (QED) is 0.750. The molecule has 1 saturated heterocycles. The van der Waals surface area contributed by atoms with Gasteiger partial charge in [0, 0.05) is 38.2 Å². The van der Waals surface area contributed by atoms with E-state index in [2.05, 4.69) is 51.2 Å². The molecule has 0 bridgehead atoms. The van der Waals surface area contributed by atoms with Gasteiger partial charge in [-0.1, -0.05) is 24.3 Å². The van der Waals surface area contributed by atoms with Crippen molar-refractivity contribution in [2.24, 2.45) is 0 Å². The predicted octanol–water partition coefficient (Wildman–Crippen LogP) is 3.93. The highest BCUT2D eigenvalue weighted by atomic mass is 16.1. The molecular weight excluding hydrogens is 336 g/mol. The van der Waals surface area contributed by atoms with Crippen LogP contribution in [0.2, 0.25) is 0 Å². The van der Waals surface area contributed by atoms with E-state index in [9.17, 15) is 4.79 Å². The molecule has 1 amide bonds. The van der Waals surface area contributed by atoms with E-state index in [1.165, 1.54) is 36.7 Å². The molecule has 1 saturated carbocycles. The summed E-state index contributed by atoms with van der Waals surface area (Å²) in [5.41, 5.74) is 4.54. The fraction of sp³-hybridized carbons (Fsp3) is 0.364. The van der Waals surface area contributed by atoms with Gasteiger partial charge in [0.2, 0.25) is 5.91 Å². The van der Waals surface area contributed by atoms with Gasteiger partial charge in [0.05, 0.1) is 17.1 Å². The summed E-state index contributed by atoms with van der Waals surface area (Å²) in [6.45, 7) is 4.60. The third kappa shape index (κ3) is 3.23. The number of fused-ring (bicyclic) bond motifs is 1. The maximum atomic E-state index is 11.1. The number of nitrogens with one attached hydrogen (secondary N) is 1. The highest BCUT2D eigenvalue weighted by Crippen LogP contribution is 2.43. The second kappa shape index (κ2) is 6.50. The van der Waals surface area contributed by atoms with Gasteiger partial charge in [-0.2, -0.15) is 0 Å². The Balaban J connectivity index is 1.28. The van der Waals surface area contributed by atoms with Gasteiger partial charge in [0.15, 0.2) is 0 Å². The molecule has 27 heavy (non-hydrogen) atoms. The summed E-state index contributed by atoms with van der Waals surface area (Å²) in [6, 6.07) is 17.2. The van der Waals surface area contributed by atoms with Crippen molar-refractivity contribution in [3.63, 3.8) is 0 Å². The molecule has 2 fully saturated rings. The Hall–Kier alpha value is -2.66. The SMILES string of the molecule is CC(=O)Nc1ccc(CN2CC(n3c(C4CC4)nc4ccccc43)C2)cc1. The van der Waals surface area contributed by atoms with Crippen LogP contribution in [0.1, 0.15) is 43.1 Å². The standard InChI is InChI=1S/C22H24N4O/c1-15(27)23-18-10-6-16(7-11-18)12-25-13-19(14-25)26-21-5-3-2-4-20(21)24-22(26)17-8-9-17/h2-7,10-11,17,19H,8-9,12-14H2,1H3,(H,23,27). The molecule has 1 aliphatic carbocycles. The zero-order valence-electron chi connectivity index (χ0n) is 15.6. The van der Waals surface area contributed by atoms with Crippen LogP contribution >= 0.6 is 0 Å². The lowest BCUT2D eigenvalue weighted by atomic mass is 10.1. The molecule has 3 aromatic rings. The molecule has 1 aliphatic heterocycles. The van der Waals surface area contributed by atoms with Crippen LogP contribution in [0, 0.1) is 0 Å². The largest absolute Gasteiger partial charge is 0.326 e. The van der Waals surface area contributed by atoms with Crippen LogP contribution in [0.25, 0.3) is 11.0 Å². The summed E-state index contributed by atoms with van der Waals surface area (Å²) in [5.74, 6) is 1.92. The summed E-state index contributed by atoms with van der Waals surface area (Å²) in [4.78, 5) is 18.5. The van der Waals surface area contributed by atoms with Gasteiger partial charge in [0.1, 0.15) is 5.82 Å². The highest BCUT2D eigenvalue weighted by Gasteiger charge is 2.36. The lowest BCUT2D eigenvalue weighted by Crippen LogP contribution is -2.47. The van der Waals surface area contributed by atoms with E-state index in [1.807, 2.05) is 12.1 Å². The molecule has 0 unspecified atom stereocenters. The van der Waals surface area contributed by atoms with Crippen molar-refractivity contribution < 1.29 is 4.79 Å². The number of benzene rings is 2. The molecule has 0 radical (unpaired) electrons. The van der Waals surface area contributed by atoms with E-state index in [-0.39, 0.29) is 5.91 Å². The van der Waals surface area contributed by atoms with E-state index in [4.69, 9.17) is 4.98 Å². The number of hydrogen-bond donors (Lipinski definition) is 1. The molecule has 5 rings (SSSR count). The van der Waals surface area contributed by atoms with Gasteiger partial charge in [-0.3, -0.25) is 9.69 Å². The minimum atomic E-state index is -0.0349. The maximum Gasteiger partial charge on any atom is 0.221 e. The molecule has 1 aromatic heterocycles. The number of carbonyl (C=O) groups is 1. The molecule has 0 atom stereocenters. The smallest absolute Gasteiger partial charge is 0.221 e. The van der Waals surface area contributed by atoms with Crippen LogP contribution in [-0.2, 0) is 11.3 Å². The zero-order chi connectivity index (χ0) is 18.4. The van der Waals surface area contributed by atoms with Gasteiger partial charge in [-0.25, -0.2) is 4.98 Å². The average Bonchev–Trinajstić information content (AvgIpc) is 3.40. The number of aromatic nitrogens is 2. The van der Waals surface area contributed by atoms with Crippen LogP contribution in [0.5, 0.6) is 0 Å². The Morgan fingerprint density at radius 1 is 1.11 bits per heavy atom. The highest BCUT2D eigenvalue weighted by molar-refractivity contribution is 5.88. The summed E-state index contributed by atoms with van der Waals surface area (Å²) in [7, 11) is 0. The molecule has 2 aliphatic rings. The van der Waals surface area contributed by atoms with E-state index in [0.29, 0.717) is 12.0 Å². The number of carbonyl (C=O) groups excluding carboxylic acids is 1. The van der Waals surface area contributed by atoms with Gasteiger partial charge in [0.25, 0.3) is 0 Å². The number of imidazole rings is 1. The minimum Gasteiger partial charge on any atom is -0.326 e. The van der Waals surface area contributed by atoms with E-state index < -0.39 is 0 Å². The Kier molecular flexibility index (Phi) is 3.97. The van der Waals surface area contributed by atoms with Crippen molar-refractivity contribution in [1.82, 2.24) is 14.5 Å². The fourth-order valence-electron chi connectivity index (χ4n) is 4.07. The Morgan fingerprint density at radius 3 is 2.56 bits per heavy atom. The third-order valence-corrected chi connectivity index (χ3v) is 5.55. The first-order chi connectivity index (χ1) is 13.2. The van der Waals surface area contributed by atoms with Crippen LogP contribution < -0.4 is 5.32 Å². The van der Waals surface area contributed by atoms with Crippen molar-refractivity contribution in [2.45, 2.75) is 38.3 Å². The Labute approximate surface area is 159 Å². The maximum absolute atomic E-state index is 11.1. The second-order valence-corrected chi connectivity index (χ2v) is 7.83. The number of hydrogen-bond acceptors (Lipinski definition) is 3. The molecule has 5 nitrogen and oxygen atoms in total.